The Morgan fingerprint density at radius 2 is 1.44 bits per heavy atom. The lowest BCUT2D eigenvalue weighted by molar-refractivity contribution is -0.117. The zero-order valence-corrected chi connectivity index (χ0v) is 19.8. The van der Waals surface area contributed by atoms with Crippen LogP contribution in [0.4, 0.5) is 11.4 Å². The predicted molar refractivity (Wildman–Crippen MR) is 132 cm³/mol. The fourth-order valence-corrected chi connectivity index (χ4v) is 3.45. The number of benzene rings is 3. The molecule has 8 heteroatoms. The van der Waals surface area contributed by atoms with Crippen molar-refractivity contribution in [3.05, 3.63) is 77.9 Å². The van der Waals surface area contributed by atoms with Gasteiger partial charge in [-0.2, -0.15) is 0 Å². The maximum absolute atomic E-state index is 12.5. The van der Waals surface area contributed by atoms with E-state index in [0.717, 1.165) is 5.56 Å². The number of para-hydroxylation sites is 1. The molecular weight excluding hydrogens is 434 g/mol. The minimum atomic E-state index is -0.241. The highest BCUT2D eigenvalue weighted by Crippen LogP contribution is 2.31. The lowest BCUT2D eigenvalue weighted by Crippen LogP contribution is -2.30. The zero-order chi connectivity index (χ0) is 24.5. The molecule has 8 nitrogen and oxygen atoms in total. The summed E-state index contributed by atoms with van der Waals surface area (Å²) in [5, 5.41) is 5.68. The molecule has 0 saturated heterocycles. The van der Waals surface area contributed by atoms with E-state index in [1.165, 1.54) is 0 Å². The normalized spacial score (nSPS) is 10.5. The molecule has 0 heterocycles. The van der Waals surface area contributed by atoms with Crippen LogP contribution in [0.2, 0.25) is 0 Å². The largest absolute Gasteiger partial charge is 0.497 e. The number of hydrogen-bond acceptors (Lipinski definition) is 6. The summed E-state index contributed by atoms with van der Waals surface area (Å²) in [4.78, 5) is 26.8. The standard InChI is InChI=1S/C26H29N3O5/c1-29(16-19-6-5-7-23(33-3)25(19)34-4)17-24(30)27-20-10-8-18(9-11-20)26(31)28-21-12-14-22(32-2)15-13-21/h5-15H,16-17H2,1-4H3,(H,27,30)(H,28,31). The van der Waals surface area contributed by atoms with Gasteiger partial charge in [-0.15, -0.1) is 0 Å². The van der Waals surface area contributed by atoms with Crippen LogP contribution in [0.5, 0.6) is 17.2 Å². The van der Waals surface area contributed by atoms with Crippen molar-refractivity contribution in [2.45, 2.75) is 6.54 Å². The molecule has 178 valence electrons. The van der Waals surface area contributed by atoms with E-state index in [9.17, 15) is 9.59 Å². The molecule has 0 saturated carbocycles. The Labute approximate surface area is 199 Å². The first-order chi connectivity index (χ1) is 16.4. The summed E-state index contributed by atoms with van der Waals surface area (Å²) in [6.07, 6.45) is 0. The topological polar surface area (TPSA) is 89.1 Å². The van der Waals surface area contributed by atoms with Gasteiger partial charge in [0.05, 0.1) is 27.9 Å². The molecule has 2 amide bonds. The van der Waals surface area contributed by atoms with Crippen molar-refractivity contribution in [1.82, 2.24) is 4.90 Å². The van der Waals surface area contributed by atoms with Crippen LogP contribution in [0.1, 0.15) is 15.9 Å². The molecule has 0 aromatic heterocycles. The van der Waals surface area contributed by atoms with E-state index < -0.39 is 0 Å². The zero-order valence-electron chi connectivity index (χ0n) is 19.8. The van der Waals surface area contributed by atoms with E-state index in [-0.39, 0.29) is 18.4 Å². The molecule has 2 N–H and O–H groups in total. The molecule has 0 unspecified atom stereocenters. The quantitative estimate of drug-likeness (QED) is 0.472. The van der Waals surface area contributed by atoms with Gasteiger partial charge in [0.15, 0.2) is 11.5 Å². The van der Waals surface area contributed by atoms with Crippen LogP contribution >= 0.6 is 0 Å². The van der Waals surface area contributed by atoms with Crippen molar-refractivity contribution in [3.63, 3.8) is 0 Å². The molecule has 0 spiro atoms. The number of ether oxygens (including phenoxy) is 3. The number of methoxy groups -OCH3 is 3. The number of nitrogens with one attached hydrogen (secondary N) is 2. The smallest absolute Gasteiger partial charge is 0.255 e. The average molecular weight is 464 g/mol. The lowest BCUT2D eigenvalue weighted by atomic mass is 10.1. The predicted octanol–water partition coefficient (Wildman–Crippen LogP) is 4.04. The molecule has 3 rings (SSSR count). The second-order valence-corrected chi connectivity index (χ2v) is 7.63. The summed E-state index contributed by atoms with van der Waals surface area (Å²) in [5.74, 6) is 1.61. The van der Waals surface area contributed by atoms with Crippen molar-refractivity contribution in [2.75, 3.05) is 45.6 Å². The Balaban J connectivity index is 1.53. The molecule has 3 aromatic carbocycles. The second kappa shape index (κ2) is 11.7. The number of likely N-dealkylation sites (N-methyl/N-ethyl adjacent to an activating group) is 1. The summed E-state index contributed by atoms with van der Waals surface area (Å²) in [7, 11) is 6.62. The maximum atomic E-state index is 12.5. The third kappa shape index (κ3) is 6.49. The first-order valence-corrected chi connectivity index (χ1v) is 10.7. The van der Waals surface area contributed by atoms with Crippen molar-refractivity contribution < 1.29 is 23.8 Å². The minimum absolute atomic E-state index is 0.167. The van der Waals surface area contributed by atoms with Gasteiger partial charge in [0.1, 0.15) is 5.75 Å². The molecule has 0 bridgehead atoms. The first-order valence-electron chi connectivity index (χ1n) is 10.7. The molecule has 0 aliphatic heterocycles. The maximum Gasteiger partial charge on any atom is 0.255 e. The highest BCUT2D eigenvalue weighted by Gasteiger charge is 2.14. The van der Waals surface area contributed by atoms with E-state index in [2.05, 4.69) is 10.6 Å². The Bertz CT molecular complexity index is 1110. The van der Waals surface area contributed by atoms with Crippen LogP contribution in [0.25, 0.3) is 0 Å². The van der Waals surface area contributed by atoms with E-state index in [0.29, 0.717) is 40.7 Å². The van der Waals surface area contributed by atoms with Crippen molar-refractivity contribution >= 4 is 23.2 Å². The van der Waals surface area contributed by atoms with Crippen LogP contribution < -0.4 is 24.8 Å². The monoisotopic (exact) mass is 463 g/mol. The average Bonchev–Trinajstić information content (AvgIpc) is 2.84. The molecule has 0 atom stereocenters. The Morgan fingerprint density at radius 1 is 0.794 bits per heavy atom. The highest BCUT2D eigenvalue weighted by molar-refractivity contribution is 6.04. The molecule has 0 fully saturated rings. The first kappa shape index (κ1) is 24.6. The number of nitrogens with zero attached hydrogens (tertiary/aromatic N) is 1. The van der Waals surface area contributed by atoms with Gasteiger partial charge in [0.2, 0.25) is 5.91 Å². The van der Waals surface area contributed by atoms with Crippen molar-refractivity contribution in [2.24, 2.45) is 0 Å². The van der Waals surface area contributed by atoms with E-state index in [1.807, 2.05) is 30.1 Å². The third-order valence-corrected chi connectivity index (χ3v) is 5.12. The number of hydrogen-bond donors (Lipinski definition) is 2. The highest BCUT2D eigenvalue weighted by atomic mass is 16.5. The van der Waals surface area contributed by atoms with Gasteiger partial charge < -0.3 is 24.8 Å². The van der Waals surface area contributed by atoms with Crippen LogP contribution in [0.3, 0.4) is 0 Å². The Morgan fingerprint density at radius 3 is 2.06 bits per heavy atom. The molecule has 34 heavy (non-hydrogen) atoms. The second-order valence-electron chi connectivity index (χ2n) is 7.63. The molecule has 0 radical (unpaired) electrons. The number of amides is 2. The van der Waals surface area contributed by atoms with E-state index in [4.69, 9.17) is 14.2 Å². The summed E-state index contributed by atoms with van der Waals surface area (Å²) in [6, 6.07) is 19.5. The number of anilines is 2. The summed E-state index contributed by atoms with van der Waals surface area (Å²) in [5.41, 5.74) is 2.68. The van der Waals surface area contributed by atoms with Crippen LogP contribution in [0, 0.1) is 0 Å². The van der Waals surface area contributed by atoms with E-state index in [1.54, 1.807) is 69.9 Å². The van der Waals surface area contributed by atoms with Crippen LogP contribution in [-0.4, -0.2) is 51.6 Å². The molecular formula is C26H29N3O5. The SMILES string of the molecule is COc1ccc(NC(=O)c2ccc(NC(=O)CN(C)Cc3cccc(OC)c3OC)cc2)cc1. The molecule has 0 aliphatic rings. The van der Waals surface area contributed by atoms with Gasteiger partial charge in [-0.3, -0.25) is 14.5 Å². The van der Waals surface area contributed by atoms with Gasteiger partial charge in [-0.05, 0) is 61.6 Å². The van der Waals surface area contributed by atoms with Crippen molar-refractivity contribution in [1.29, 1.82) is 0 Å². The van der Waals surface area contributed by atoms with Crippen LogP contribution in [-0.2, 0) is 11.3 Å². The minimum Gasteiger partial charge on any atom is -0.497 e. The van der Waals surface area contributed by atoms with Gasteiger partial charge in [0, 0.05) is 29.0 Å². The summed E-state index contributed by atoms with van der Waals surface area (Å²) in [6.45, 7) is 0.693. The van der Waals surface area contributed by atoms with Gasteiger partial charge >= 0.3 is 0 Å². The van der Waals surface area contributed by atoms with E-state index >= 15 is 0 Å². The fourth-order valence-electron chi connectivity index (χ4n) is 3.45. The van der Waals surface area contributed by atoms with Gasteiger partial charge in [-0.1, -0.05) is 12.1 Å². The molecule has 0 aliphatic carbocycles. The fraction of sp³-hybridized carbons (Fsp3) is 0.231. The number of carbonyl (C=O) groups is 2. The Hall–Kier alpha value is -4.04. The molecule has 3 aromatic rings. The number of rotatable bonds is 10. The number of carbonyl (C=O) groups excluding carboxylic acids is 2. The third-order valence-electron chi connectivity index (χ3n) is 5.12. The van der Waals surface area contributed by atoms with Gasteiger partial charge in [-0.25, -0.2) is 0 Å². The lowest BCUT2D eigenvalue weighted by Gasteiger charge is -2.19. The van der Waals surface area contributed by atoms with Gasteiger partial charge in [0.25, 0.3) is 5.91 Å². The summed E-state index contributed by atoms with van der Waals surface area (Å²) >= 11 is 0. The van der Waals surface area contributed by atoms with Crippen molar-refractivity contribution in [3.8, 4) is 17.2 Å². The Kier molecular flexibility index (Phi) is 8.48. The summed E-state index contributed by atoms with van der Waals surface area (Å²) < 4.78 is 15.9. The van der Waals surface area contributed by atoms with Crippen LogP contribution in [0.15, 0.2) is 66.7 Å².